The summed E-state index contributed by atoms with van der Waals surface area (Å²) in [4.78, 5) is 31.9. The van der Waals surface area contributed by atoms with E-state index >= 15 is 0 Å². The van der Waals surface area contributed by atoms with Gasteiger partial charge in [0.25, 0.3) is 5.56 Å². The third kappa shape index (κ3) is 2.06. The topological polar surface area (TPSA) is 155 Å². The number of H-pyrrole nitrogens is 3. The van der Waals surface area contributed by atoms with Crippen LogP contribution in [0.15, 0.2) is 17.3 Å². The van der Waals surface area contributed by atoms with Gasteiger partial charge in [-0.2, -0.15) is 4.98 Å². The van der Waals surface area contributed by atoms with Gasteiger partial charge in [0.1, 0.15) is 5.82 Å². The van der Waals surface area contributed by atoms with Crippen LogP contribution >= 0.6 is 0 Å². The van der Waals surface area contributed by atoms with Crippen molar-refractivity contribution in [1.29, 1.82) is 0 Å². The predicted molar refractivity (Wildman–Crippen MR) is 68.1 cm³/mol. The zero-order chi connectivity index (χ0) is 13.4. The van der Waals surface area contributed by atoms with E-state index in [0.29, 0.717) is 12.2 Å². The molecule has 98 valence electrons. The van der Waals surface area contributed by atoms with Gasteiger partial charge in [-0.1, -0.05) is 0 Å². The number of rotatable bonds is 3. The van der Waals surface area contributed by atoms with Gasteiger partial charge in [0, 0.05) is 18.3 Å². The summed E-state index contributed by atoms with van der Waals surface area (Å²) < 4.78 is 0. The second kappa shape index (κ2) is 4.21. The van der Waals surface area contributed by atoms with Crippen LogP contribution in [0.5, 0.6) is 0 Å². The molecule has 3 heterocycles. The molecule has 0 spiro atoms. The highest BCUT2D eigenvalue weighted by atomic mass is 16.1. The second-order valence-electron chi connectivity index (χ2n) is 4.16. The molecule has 0 aliphatic rings. The minimum absolute atomic E-state index is 0.0256. The SMILES string of the molecule is Nc1nc2nc(C(N)Cc3cnc[nH]3)[nH]c2c(=O)[nH]1. The maximum atomic E-state index is 11.6. The van der Waals surface area contributed by atoms with Crippen LogP contribution in [0.4, 0.5) is 5.95 Å². The first-order valence-corrected chi connectivity index (χ1v) is 5.61. The summed E-state index contributed by atoms with van der Waals surface area (Å²) in [6.07, 6.45) is 3.78. The van der Waals surface area contributed by atoms with Crippen molar-refractivity contribution in [3.63, 3.8) is 0 Å². The first-order valence-electron chi connectivity index (χ1n) is 5.61. The maximum Gasteiger partial charge on any atom is 0.278 e. The highest BCUT2D eigenvalue weighted by molar-refractivity contribution is 5.70. The molecule has 0 aliphatic heterocycles. The molecule has 0 saturated heterocycles. The van der Waals surface area contributed by atoms with Gasteiger partial charge in [-0.3, -0.25) is 9.78 Å². The van der Waals surface area contributed by atoms with Crippen LogP contribution in [0.25, 0.3) is 11.2 Å². The standard InChI is InChI=1S/C10H12N8O/c11-5(1-4-2-13-3-14-4)7-15-6-8(16-7)17-10(12)18-9(6)19/h2-3,5H,1,11H2,(H,13,14)(H4,12,15,16,17,18,19). The second-order valence-corrected chi connectivity index (χ2v) is 4.16. The molecule has 0 saturated carbocycles. The summed E-state index contributed by atoms with van der Waals surface area (Å²) in [5.74, 6) is 0.505. The Kier molecular flexibility index (Phi) is 2.53. The van der Waals surface area contributed by atoms with Crippen molar-refractivity contribution in [2.24, 2.45) is 5.73 Å². The molecule has 9 nitrogen and oxygen atoms in total. The highest BCUT2D eigenvalue weighted by Crippen LogP contribution is 2.14. The number of hydrogen-bond acceptors (Lipinski definition) is 6. The third-order valence-electron chi connectivity index (χ3n) is 2.74. The van der Waals surface area contributed by atoms with E-state index in [1.807, 2.05) is 0 Å². The van der Waals surface area contributed by atoms with E-state index in [1.54, 1.807) is 12.5 Å². The van der Waals surface area contributed by atoms with Gasteiger partial charge in [-0.25, -0.2) is 9.97 Å². The lowest BCUT2D eigenvalue weighted by atomic mass is 10.2. The van der Waals surface area contributed by atoms with Crippen molar-refractivity contribution in [1.82, 2.24) is 29.9 Å². The number of nitrogens with one attached hydrogen (secondary N) is 3. The molecule has 9 heteroatoms. The van der Waals surface area contributed by atoms with Gasteiger partial charge in [0.15, 0.2) is 11.2 Å². The molecular formula is C10H12N8O. The number of nitrogen functional groups attached to an aromatic ring is 1. The Bertz CT molecular complexity index is 756. The molecule has 0 aliphatic carbocycles. The fourth-order valence-electron chi connectivity index (χ4n) is 1.85. The average Bonchev–Trinajstić information content (AvgIpc) is 2.97. The Hall–Kier alpha value is -2.68. The molecule has 1 atom stereocenters. The summed E-state index contributed by atoms with van der Waals surface area (Å²) >= 11 is 0. The van der Waals surface area contributed by atoms with E-state index in [4.69, 9.17) is 11.5 Å². The van der Waals surface area contributed by atoms with Crippen LogP contribution in [0.2, 0.25) is 0 Å². The summed E-state index contributed by atoms with van der Waals surface area (Å²) in [6.45, 7) is 0. The van der Waals surface area contributed by atoms with Crippen molar-refractivity contribution >= 4 is 17.1 Å². The van der Waals surface area contributed by atoms with E-state index in [0.717, 1.165) is 5.69 Å². The summed E-state index contributed by atoms with van der Waals surface area (Å²) in [6, 6.07) is -0.393. The van der Waals surface area contributed by atoms with E-state index in [2.05, 4.69) is 29.9 Å². The number of nitrogens with zero attached hydrogens (tertiary/aromatic N) is 3. The maximum absolute atomic E-state index is 11.6. The van der Waals surface area contributed by atoms with E-state index in [-0.39, 0.29) is 22.7 Å². The molecule has 0 radical (unpaired) electrons. The van der Waals surface area contributed by atoms with Crippen LogP contribution in [-0.4, -0.2) is 29.9 Å². The van der Waals surface area contributed by atoms with Crippen LogP contribution in [0, 0.1) is 0 Å². The number of hydrogen-bond donors (Lipinski definition) is 5. The Morgan fingerprint density at radius 2 is 2.16 bits per heavy atom. The molecule has 3 aromatic heterocycles. The van der Waals surface area contributed by atoms with Gasteiger partial charge in [-0.05, 0) is 0 Å². The zero-order valence-corrected chi connectivity index (χ0v) is 9.84. The largest absolute Gasteiger partial charge is 0.369 e. The number of fused-ring (bicyclic) bond motifs is 1. The van der Waals surface area contributed by atoms with E-state index < -0.39 is 6.04 Å². The highest BCUT2D eigenvalue weighted by Gasteiger charge is 2.15. The lowest BCUT2D eigenvalue weighted by Gasteiger charge is -2.05. The van der Waals surface area contributed by atoms with Gasteiger partial charge in [0.05, 0.1) is 12.4 Å². The Balaban J connectivity index is 1.97. The van der Waals surface area contributed by atoms with Gasteiger partial charge in [-0.15, -0.1) is 0 Å². The Morgan fingerprint density at radius 1 is 1.32 bits per heavy atom. The smallest absolute Gasteiger partial charge is 0.278 e. The third-order valence-corrected chi connectivity index (χ3v) is 2.74. The Morgan fingerprint density at radius 3 is 2.89 bits per heavy atom. The lowest BCUT2D eigenvalue weighted by Crippen LogP contribution is -2.15. The molecule has 1 unspecified atom stereocenters. The van der Waals surface area contributed by atoms with Crippen LogP contribution in [0.1, 0.15) is 17.6 Å². The van der Waals surface area contributed by atoms with Crippen LogP contribution < -0.4 is 17.0 Å². The molecule has 0 bridgehead atoms. The van der Waals surface area contributed by atoms with Crippen molar-refractivity contribution < 1.29 is 0 Å². The molecule has 0 fully saturated rings. The lowest BCUT2D eigenvalue weighted by molar-refractivity contribution is 0.670. The molecular weight excluding hydrogens is 248 g/mol. The number of aromatic nitrogens is 6. The van der Waals surface area contributed by atoms with Crippen molar-refractivity contribution in [3.05, 3.63) is 34.4 Å². The van der Waals surface area contributed by atoms with Crippen molar-refractivity contribution in [2.45, 2.75) is 12.5 Å². The fourth-order valence-corrected chi connectivity index (χ4v) is 1.85. The number of nitrogens with two attached hydrogens (primary N) is 2. The van der Waals surface area contributed by atoms with Gasteiger partial charge < -0.3 is 21.4 Å². The number of imidazole rings is 2. The summed E-state index contributed by atoms with van der Waals surface area (Å²) in [7, 11) is 0. The fraction of sp³-hybridized carbons (Fsp3) is 0.200. The Labute approximate surface area is 106 Å². The monoisotopic (exact) mass is 260 g/mol. The molecule has 7 N–H and O–H groups in total. The van der Waals surface area contributed by atoms with Crippen LogP contribution in [0.3, 0.4) is 0 Å². The van der Waals surface area contributed by atoms with Crippen LogP contribution in [-0.2, 0) is 6.42 Å². The van der Waals surface area contributed by atoms with Gasteiger partial charge >= 0.3 is 0 Å². The van der Waals surface area contributed by atoms with E-state index in [1.165, 1.54) is 0 Å². The quantitative estimate of drug-likeness (QED) is 0.415. The first kappa shape index (κ1) is 11.4. The summed E-state index contributed by atoms with van der Waals surface area (Å²) in [5.41, 5.74) is 12.5. The number of aromatic amines is 3. The van der Waals surface area contributed by atoms with Gasteiger partial charge in [0.2, 0.25) is 5.95 Å². The van der Waals surface area contributed by atoms with E-state index in [9.17, 15) is 4.79 Å². The molecule has 19 heavy (non-hydrogen) atoms. The minimum Gasteiger partial charge on any atom is -0.369 e. The minimum atomic E-state index is -0.393. The molecule has 0 amide bonds. The first-order chi connectivity index (χ1) is 9.13. The summed E-state index contributed by atoms with van der Waals surface area (Å²) in [5, 5.41) is 0. The number of anilines is 1. The average molecular weight is 260 g/mol. The van der Waals surface area contributed by atoms with Crippen molar-refractivity contribution in [3.8, 4) is 0 Å². The molecule has 0 aromatic carbocycles. The molecule has 3 aromatic rings. The predicted octanol–water partition coefficient (Wildman–Crippen LogP) is -0.806. The van der Waals surface area contributed by atoms with Crippen molar-refractivity contribution in [2.75, 3.05) is 5.73 Å². The molecule has 3 rings (SSSR count). The zero-order valence-electron chi connectivity index (χ0n) is 9.84. The normalized spacial score (nSPS) is 12.9.